The van der Waals surface area contributed by atoms with E-state index in [4.69, 9.17) is 4.74 Å². The summed E-state index contributed by atoms with van der Waals surface area (Å²) >= 11 is 0. The number of allylic oxidation sites excluding steroid dienone is 2. The van der Waals surface area contributed by atoms with Crippen molar-refractivity contribution in [2.45, 2.75) is 104 Å². The van der Waals surface area contributed by atoms with Gasteiger partial charge in [0.15, 0.2) is 0 Å². The van der Waals surface area contributed by atoms with Gasteiger partial charge in [-0.1, -0.05) is 52.7 Å². The number of ether oxygens (including phenoxy) is 1. The quantitative estimate of drug-likeness (QED) is 0.261. The molecule has 2 saturated carbocycles. The van der Waals surface area contributed by atoms with E-state index in [1.54, 1.807) is 0 Å². The van der Waals surface area contributed by atoms with Gasteiger partial charge in [0, 0.05) is 5.41 Å². The van der Waals surface area contributed by atoms with Crippen LogP contribution in [0.5, 0.6) is 0 Å². The minimum absolute atomic E-state index is 0.0880. The Morgan fingerprint density at radius 3 is 2.29 bits per heavy atom. The summed E-state index contributed by atoms with van der Waals surface area (Å²) in [6.07, 6.45) is 16.7. The molecule has 2 bridgehead atoms. The minimum Gasteiger partial charge on any atom is -0.458 e. The number of hydrogen-bond donors (Lipinski definition) is 0. The molecule has 138 valence electrons. The van der Waals surface area contributed by atoms with Gasteiger partial charge in [0.25, 0.3) is 0 Å². The maximum Gasteiger partial charge on any atom is 0.309 e. The third-order valence-electron chi connectivity index (χ3n) is 6.80. The van der Waals surface area contributed by atoms with E-state index in [9.17, 15) is 4.79 Å². The lowest BCUT2D eigenvalue weighted by molar-refractivity contribution is -0.174. The Morgan fingerprint density at radius 1 is 1.08 bits per heavy atom. The molecular weight excluding hydrogens is 296 g/mol. The maximum atomic E-state index is 12.9. The van der Waals surface area contributed by atoms with E-state index >= 15 is 0 Å². The van der Waals surface area contributed by atoms with E-state index in [1.165, 1.54) is 25.7 Å². The number of rotatable bonds is 10. The molecule has 0 heterocycles. The molecule has 1 atom stereocenters. The first-order valence-corrected chi connectivity index (χ1v) is 10.3. The van der Waals surface area contributed by atoms with Gasteiger partial charge in [-0.2, -0.15) is 0 Å². The Hall–Kier alpha value is -0.790. The highest BCUT2D eigenvalue weighted by atomic mass is 16.6. The number of esters is 1. The van der Waals surface area contributed by atoms with Crippen LogP contribution >= 0.6 is 0 Å². The van der Waals surface area contributed by atoms with E-state index in [0.29, 0.717) is 0 Å². The largest absolute Gasteiger partial charge is 0.458 e. The van der Waals surface area contributed by atoms with Crippen molar-refractivity contribution in [2.75, 3.05) is 0 Å². The van der Waals surface area contributed by atoms with E-state index in [0.717, 1.165) is 50.9 Å². The molecule has 0 radical (unpaired) electrons. The average molecular weight is 335 g/mol. The lowest BCUT2D eigenvalue weighted by Crippen LogP contribution is -2.43. The van der Waals surface area contributed by atoms with Crippen molar-refractivity contribution in [3.63, 3.8) is 0 Å². The zero-order valence-corrected chi connectivity index (χ0v) is 16.4. The van der Waals surface area contributed by atoms with Crippen LogP contribution < -0.4 is 0 Å². The average Bonchev–Trinajstić information content (AvgIpc) is 2.94. The Bertz CT molecular complexity index is 427. The molecule has 2 aliphatic rings. The van der Waals surface area contributed by atoms with Crippen molar-refractivity contribution in [1.29, 1.82) is 0 Å². The fraction of sp³-hybridized carbons (Fsp3) is 0.864. The van der Waals surface area contributed by atoms with Crippen LogP contribution in [0.15, 0.2) is 12.2 Å². The summed E-state index contributed by atoms with van der Waals surface area (Å²) in [6, 6.07) is 0. The zero-order chi connectivity index (χ0) is 17.6. The van der Waals surface area contributed by atoms with E-state index < -0.39 is 0 Å². The van der Waals surface area contributed by atoms with Crippen molar-refractivity contribution in [3.8, 4) is 0 Å². The Morgan fingerprint density at radius 2 is 1.75 bits per heavy atom. The van der Waals surface area contributed by atoms with E-state index in [-0.39, 0.29) is 22.9 Å². The van der Waals surface area contributed by atoms with Crippen molar-refractivity contribution < 1.29 is 9.53 Å². The van der Waals surface area contributed by atoms with Crippen molar-refractivity contribution in [1.82, 2.24) is 0 Å². The summed E-state index contributed by atoms with van der Waals surface area (Å²) < 4.78 is 6.26. The molecule has 0 aliphatic heterocycles. The van der Waals surface area contributed by atoms with Gasteiger partial charge in [-0.25, -0.2) is 0 Å². The second kappa shape index (κ2) is 8.54. The van der Waals surface area contributed by atoms with Gasteiger partial charge in [-0.3, -0.25) is 4.79 Å². The van der Waals surface area contributed by atoms with Crippen LogP contribution in [0.1, 0.15) is 98.3 Å². The van der Waals surface area contributed by atoms with Gasteiger partial charge in [0.1, 0.15) is 5.60 Å². The molecular formula is C22H38O2. The zero-order valence-electron chi connectivity index (χ0n) is 16.4. The van der Waals surface area contributed by atoms with Gasteiger partial charge in [0.2, 0.25) is 0 Å². The van der Waals surface area contributed by atoms with Crippen LogP contribution in [0.3, 0.4) is 0 Å². The summed E-state index contributed by atoms with van der Waals surface area (Å²) in [5, 5.41) is 0. The number of unbranched alkanes of at least 4 members (excludes halogenated alkanes) is 2. The third kappa shape index (κ3) is 4.06. The lowest BCUT2D eigenvalue weighted by atomic mass is 9.78. The summed E-state index contributed by atoms with van der Waals surface area (Å²) in [7, 11) is 0. The van der Waals surface area contributed by atoms with Crippen LogP contribution in [0.2, 0.25) is 0 Å². The predicted octanol–water partition coefficient (Wildman–Crippen LogP) is 6.44. The van der Waals surface area contributed by atoms with E-state index in [1.807, 2.05) is 0 Å². The lowest BCUT2D eigenvalue weighted by Gasteiger charge is -2.38. The maximum absolute atomic E-state index is 12.9. The number of hydrogen-bond acceptors (Lipinski definition) is 2. The summed E-state index contributed by atoms with van der Waals surface area (Å²) in [5.41, 5.74) is 0.00405. The number of fused-ring (bicyclic) bond motifs is 2. The molecule has 1 unspecified atom stereocenters. The van der Waals surface area contributed by atoms with Gasteiger partial charge in [-0.05, 0) is 63.7 Å². The third-order valence-corrected chi connectivity index (χ3v) is 6.80. The van der Waals surface area contributed by atoms with Gasteiger partial charge in [-0.15, -0.1) is 0 Å². The molecule has 2 aliphatic carbocycles. The topological polar surface area (TPSA) is 26.3 Å². The van der Waals surface area contributed by atoms with Crippen LogP contribution in [0, 0.1) is 17.3 Å². The molecule has 0 aromatic heterocycles. The predicted molar refractivity (Wildman–Crippen MR) is 101 cm³/mol. The normalized spacial score (nSPS) is 29.2. The first-order chi connectivity index (χ1) is 11.5. The first-order valence-electron chi connectivity index (χ1n) is 10.3. The number of carbonyl (C=O) groups is 1. The van der Waals surface area contributed by atoms with Crippen LogP contribution in [0.4, 0.5) is 0 Å². The van der Waals surface area contributed by atoms with Crippen LogP contribution in [-0.2, 0) is 9.53 Å². The highest BCUT2D eigenvalue weighted by molar-refractivity contribution is 5.73. The molecule has 0 amide bonds. The molecule has 0 saturated heterocycles. The summed E-state index contributed by atoms with van der Waals surface area (Å²) in [5.74, 6) is 0.933. The Kier molecular flexibility index (Phi) is 6.95. The van der Waals surface area contributed by atoms with Gasteiger partial charge >= 0.3 is 5.97 Å². The highest BCUT2D eigenvalue weighted by Crippen LogP contribution is 2.62. The monoisotopic (exact) mass is 334 g/mol. The molecule has 0 N–H and O–H groups in total. The molecule has 2 heteroatoms. The standard InChI is InChI=1S/C22H38O2/c1-5-7-8-9-10-11-13-18(12-6-2)20(23)24-22-16-14-19(15-17-22)21(22,3)4/h8-9,18-19H,5-7,10-17H2,1-4H3/b9-8+. The fourth-order valence-corrected chi connectivity index (χ4v) is 4.94. The van der Waals surface area contributed by atoms with Gasteiger partial charge in [0.05, 0.1) is 5.92 Å². The summed E-state index contributed by atoms with van der Waals surface area (Å²) in [4.78, 5) is 12.9. The highest BCUT2D eigenvalue weighted by Gasteiger charge is 2.61. The fourth-order valence-electron chi connectivity index (χ4n) is 4.94. The SMILES string of the molecule is CCC/C=C/CCCC(CCC)C(=O)OC12CCC(CC1)C2(C)C. The van der Waals surface area contributed by atoms with Gasteiger partial charge < -0.3 is 4.74 Å². The number of carbonyl (C=O) groups excluding carboxylic acids is 1. The van der Waals surface area contributed by atoms with Crippen LogP contribution in [0.25, 0.3) is 0 Å². The van der Waals surface area contributed by atoms with Crippen LogP contribution in [-0.4, -0.2) is 11.6 Å². The molecule has 2 fully saturated rings. The van der Waals surface area contributed by atoms with Crippen molar-refractivity contribution in [2.24, 2.45) is 17.3 Å². The first kappa shape index (κ1) is 19.5. The van der Waals surface area contributed by atoms with E-state index in [2.05, 4.69) is 39.8 Å². The minimum atomic E-state index is -0.165. The second-order valence-corrected chi connectivity index (χ2v) is 8.59. The van der Waals surface area contributed by atoms with Crippen molar-refractivity contribution >= 4 is 5.97 Å². The second-order valence-electron chi connectivity index (χ2n) is 8.59. The Balaban J connectivity index is 1.87. The molecule has 0 spiro atoms. The molecule has 2 nitrogen and oxygen atoms in total. The Labute approximate surface area is 149 Å². The molecule has 24 heavy (non-hydrogen) atoms. The summed E-state index contributed by atoms with van der Waals surface area (Å²) in [6.45, 7) is 9.01. The molecule has 0 aromatic carbocycles. The smallest absolute Gasteiger partial charge is 0.309 e. The van der Waals surface area contributed by atoms with Crippen molar-refractivity contribution in [3.05, 3.63) is 12.2 Å². The molecule has 0 aromatic rings. The molecule has 2 rings (SSSR count).